The molecule has 4 aromatic rings. The second kappa shape index (κ2) is 12.1. The van der Waals surface area contributed by atoms with Crippen LogP contribution in [0.3, 0.4) is 0 Å². The largest absolute Gasteiger partial charge is 0.489 e. The number of sulfonamides is 1. The van der Waals surface area contributed by atoms with Crippen molar-refractivity contribution in [2.45, 2.75) is 24.0 Å². The number of halogens is 1. The molecule has 0 bridgehead atoms. The van der Waals surface area contributed by atoms with E-state index in [0.717, 1.165) is 34.9 Å². The zero-order valence-electron chi connectivity index (χ0n) is 20.5. The Hall–Kier alpha value is -4.25. The number of nitrogens with one attached hydrogen (secondary N) is 1. The van der Waals surface area contributed by atoms with E-state index in [1.165, 1.54) is 0 Å². The average Bonchev–Trinajstić information content (AvgIpc) is 2.93. The molecule has 0 unspecified atom stereocenters. The van der Waals surface area contributed by atoms with Gasteiger partial charge in [0.2, 0.25) is 0 Å². The van der Waals surface area contributed by atoms with E-state index in [0.29, 0.717) is 17.9 Å². The van der Waals surface area contributed by atoms with E-state index in [-0.39, 0.29) is 11.4 Å². The van der Waals surface area contributed by atoms with Gasteiger partial charge >= 0.3 is 0 Å². The fraction of sp³-hybridized carbons (Fsp3) is 0.107. The first-order chi connectivity index (χ1) is 18.6. The van der Waals surface area contributed by atoms with E-state index in [1.807, 2.05) is 47.2 Å². The maximum Gasteiger partial charge on any atom is 0.289 e. The molecule has 39 heavy (non-hydrogen) atoms. The number of ether oxygens (including phenoxy) is 1. The van der Waals surface area contributed by atoms with Gasteiger partial charge in [-0.3, -0.25) is 14.9 Å². The van der Waals surface area contributed by atoms with Crippen LogP contribution in [-0.4, -0.2) is 25.3 Å². The second-order valence-electron chi connectivity index (χ2n) is 8.65. The number of nitro groups is 1. The van der Waals surface area contributed by atoms with Crippen molar-refractivity contribution in [1.82, 2.24) is 4.72 Å². The van der Waals surface area contributed by atoms with Crippen LogP contribution in [-0.2, 0) is 27.8 Å². The van der Waals surface area contributed by atoms with Gasteiger partial charge in [0.05, 0.1) is 15.9 Å². The van der Waals surface area contributed by atoms with Gasteiger partial charge in [-0.15, -0.1) is 0 Å². The number of carbonyl (C=O) groups is 1. The van der Waals surface area contributed by atoms with E-state index in [9.17, 15) is 23.3 Å². The molecule has 0 aromatic heterocycles. The molecule has 3 N–H and O–H groups in total. The number of nitrogens with two attached hydrogens (primary N) is 1. The molecule has 0 radical (unpaired) electrons. The lowest BCUT2D eigenvalue weighted by molar-refractivity contribution is -0.384. The highest BCUT2D eigenvalue weighted by molar-refractivity contribution is 7.90. The number of hydrogen-bond acceptors (Lipinski definition) is 7. The van der Waals surface area contributed by atoms with Crippen molar-refractivity contribution >= 4 is 33.2 Å². The number of amides is 1. The molecule has 0 aliphatic rings. The van der Waals surface area contributed by atoms with Crippen molar-refractivity contribution in [3.05, 3.63) is 123 Å². The van der Waals surface area contributed by atoms with Crippen LogP contribution in [0.2, 0.25) is 5.02 Å². The summed E-state index contributed by atoms with van der Waals surface area (Å²) in [6.45, 7) is 0.372. The van der Waals surface area contributed by atoms with Crippen molar-refractivity contribution < 1.29 is 22.9 Å². The van der Waals surface area contributed by atoms with Gasteiger partial charge in [-0.1, -0.05) is 78.3 Å². The van der Waals surface area contributed by atoms with Crippen molar-refractivity contribution in [3.63, 3.8) is 0 Å². The third kappa shape index (κ3) is 7.20. The van der Waals surface area contributed by atoms with Crippen LogP contribution in [0, 0.1) is 10.1 Å². The van der Waals surface area contributed by atoms with Gasteiger partial charge in [-0.25, -0.2) is 13.1 Å². The quantitative estimate of drug-likeness (QED) is 0.206. The lowest BCUT2D eigenvalue weighted by Gasteiger charge is -2.13. The van der Waals surface area contributed by atoms with Gasteiger partial charge in [-0.2, -0.15) is 0 Å². The summed E-state index contributed by atoms with van der Waals surface area (Å²) in [6.07, 6.45) is 0.0589. The van der Waals surface area contributed by atoms with Crippen molar-refractivity contribution in [2.75, 3.05) is 0 Å². The van der Waals surface area contributed by atoms with Gasteiger partial charge in [0.1, 0.15) is 17.4 Å². The predicted molar refractivity (Wildman–Crippen MR) is 148 cm³/mol. The first-order valence-electron chi connectivity index (χ1n) is 11.7. The van der Waals surface area contributed by atoms with Crippen molar-refractivity contribution in [3.8, 4) is 16.9 Å². The molecule has 0 aliphatic carbocycles. The molecule has 4 aromatic carbocycles. The highest BCUT2D eigenvalue weighted by atomic mass is 35.5. The molecule has 1 amide bonds. The first kappa shape index (κ1) is 27.8. The molecule has 4 rings (SSSR count). The summed E-state index contributed by atoms with van der Waals surface area (Å²) in [6, 6.07) is 26.8. The number of rotatable bonds is 10. The van der Waals surface area contributed by atoms with Crippen LogP contribution in [0.5, 0.6) is 5.75 Å². The molecule has 0 spiro atoms. The maximum atomic E-state index is 12.5. The zero-order chi connectivity index (χ0) is 28.0. The van der Waals surface area contributed by atoms with E-state index < -0.39 is 37.5 Å². The van der Waals surface area contributed by atoms with Crippen molar-refractivity contribution in [1.29, 1.82) is 0 Å². The number of hydrogen-bond donors (Lipinski definition) is 2. The second-order valence-corrected chi connectivity index (χ2v) is 10.7. The standard InChI is InChI=1S/C28H24ClN3O6S/c29-25-15-14-24(17-27(25)32(34)35)39(36,37)31-28(33)26(30)16-19-8-12-23(13-9-19)38-18-20-6-10-22(11-7-20)21-4-2-1-3-5-21/h1-15,17,26H,16,18,30H2,(H,31,33)/t26-/m0/s1. The van der Waals surface area contributed by atoms with E-state index in [4.69, 9.17) is 22.1 Å². The van der Waals surface area contributed by atoms with E-state index in [2.05, 4.69) is 12.1 Å². The molecule has 200 valence electrons. The molecule has 1 atom stereocenters. The zero-order valence-corrected chi connectivity index (χ0v) is 22.1. The smallest absolute Gasteiger partial charge is 0.289 e. The number of benzene rings is 4. The van der Waals surface area contributed by atoms with E-state index >= 15 is 0 Å². The number of nitro benzene ring substituents is 1. The third-order valence-corrected chi connectivity index (χ3v) is 7.51. The monoisotopic (exact) mass is 565 g/mol. The Balaban J connectivity index is 1.31. The van der Waals surface area contributed by atoms with E-state index in [1.54, 1.807) is 24.3 Å². The minimum atomic E-state index is -4.39. The Morgan fingerprint density at radius 2 is 1.54 bits per heavy atom. The number of nitrogens with zero attached hydrogens (tertiary/aromatic N) is 1. The van der Waals surface area contributed by atoms with Crippen LogP contribution in [0.15, 0.2) is 102 Å². The summed E-state index contributed by atoms with van der Waals surface area (Å²) in [5.41, 5.74) is 9.28. The Labute approximate surface area is 230 Å². The van der Waals surface area contributed by atoms with Crippen LogP contribution < -0.4 is 15.2 Å². The fourth-order valence-electron chi connectivity index (χ4n) is 3.73. The Morgan fingerprint density at radius 3 is 2.18 bits per heavy atom. The molecule has 0 aliphatic heterocycles. The molecule has 0 heterocycles. The summed E-state index contributed by atoms with van der Waals surface area (Å²) < 4.78 is 32.8. The summed E-state index contributed by atoms with van der Waals surface area (Å²) in [4.78, 5) is 22.2. The minimum absolute atomic E-state index is 0.0589. The Kier molecular flexibility index (Phi) is 8.60. The molecule has 11 heteroatoms. The van der Waals surface area contributed by atoms with Crippen molar-refractivity contribution in [2.24, 2.45) is 5.73 Å². The minimum Gasteiger partial charge on any atom is -0.489 e. The summed E-state index contributed by atoms with van der Waals surface area (Å²) >= 11 is 5.72. The van der Waals surface area contributed by atoms with Crippen LogP contribution in [0.4, 0.5) is 5.69 Å². The van der Waals surface area contributed by atoms with Gasteiger partial charge in [-0.05, 0) is 52.9 Å². The first-order valence-corrected chi connectivity index (χ1v) is 13.6. The highest BCUT2D eigenvalue weighted by Gasteiger charge is 2.25. The molecule has 0 saturated carbocycles. The molecule has 9 nitrogen and oxygen atoms in total. The summed E-state index contributed by atoms with van der Waals surface area (Å²) in [7, 11) is -4.39. The fourth-order valence-corrected chi connectivity index (χ4v) is 4.96. The van der Waals surface area contributed by atoms with Crippen LogP contribution in [0.1, 0.15) is 11.1 Å². The molecular weight excluding hydrogens is 542 g/mol. The normalized spacial score (nSPS) is 11.9. The maximum absolute atomic E-state index is 12.5. The van der Waals surface area contributed by atoms with Gasteiger partial charge in [0.15, 0.2) is 0 Å². The SMILES string of the molecule is N[C@@H](Cc1ccc(OCc2ccc(-c3ccccc3)cc2)cc1)C(=O)NS(=O)(=O)c1ccc(Cl)c([N+](=O)[O-])c1. The summed E-state index contributed by atoms with van der Waals surface area (Å²) in [5.74, 6) is -0.331. The highest BCUT2D eigenvalue weighted by Crippen LogP contribution is 2.27. The third-order valence-electron chi connectivity index (χ3n) is 5.84. The topological polar surface area (TPSA) is 142 Å². The van der Waals surface area contributed by atoms with Gasteiger partial charge in [0.25, 0.3) is 21.6 Å². The number of carbonyl (C=O) groups excluding carboxylic acids is 1. The Morgan fingerprint density at radius 1 is 0.923 bits per heavy atom. The molecule has 0 saturated heterocycles. The lowest BCUT2D eigenvalue weighted by atomic mass is 10.0. The lowest BCUT2D eigenvalue weighted by Crippen LogP contribution is -2.44. The van der Waals surface area contributed by atoms with Gasteiger partial charge in [0, 0.05) is 6.07 Å². The summed E-state index contributed by atoms with van der Waals surface area (Å²) in [5, 5.41) is 10.8. The molecule has 0 fully saturated rings. The van der Waals surface area contributed by atoms with Crippen LogP contribution in [0.25, 0.3) is 11.1 Å². The molecular formula is C28H24ClN3O6S. The Bertz CT molecular complexity index is 1580. The predicted octanol–water partition coefficient (Wildman–Crippen LogP) is 4.87. The van der Waals surface area contributed by atoms with Gasteiger partial charge < -0.3 is 10.5 Å². The van der Waals surface area contributed by atoms with Crippen LogP contribution >= 0.6 is 11.6 Å². The average molecular weight is 566 g/mol.